The lowest BCUT2D eigenvalue weighted by atomic mass is 9.99. The normalized spacial score (nSPS) is 14.7. The van der Waals surface area contributed by atoms with E-state index in [1.807, 2.05) is 0 Å². The predicted octanol–water partition coefficient (Wildman–Crippen LogP) is -6.91. The van der Waals surface area contributed by atoms with Gasteiger partial charge in [-0.1, -0.05) is 45.9 Å². The van der Waals surface area contributed by atoms with Gasteiger partial charge in [0.1, 0.15) is 72.5 Å². The van der Waals surface area contributed by atoms with E-state index in [0.717, 1.165) is 0 Å². The number of hydrogen-bond donors (Lipinski definition) is 23. The number of primary amides is 2. The number of nitrogens with zero attached hydrogens (tertiary/aromatic N) is 1. The molecule has 0 fully saturated rings. The molecule has 29 N–H and O–H groups in total. The number of amides is 14. The Morgan fingerprint density at radius 3 is 1.37 bits per heavy atom. The molecule has 41 nitrogen and oxygen atoms in total. The van der Waals surface area contributed by atoms with Crippen molar-refractivity contribution in [2.75, 3.05) is 31.7 Å². The quantitative estimate of drug-likeness (QED) is 0.0166. The Morgan fingerprint density at radius 2 is 0.898 bits per heavy atom. The van der Waals surface area contributed by atoms with Gasteiger partial charge in [-0.25, -0.2) is 4.79 Å². The third-order valence-corrected chi connectivity index (χ3v) is 17.0. The number of aliphatic imine (C=N–C) groups is 1. The zero-order valence-corrected chi connectivity index (χ0v) is 62.1. The van der Waals surface area contributed by atoms with Gasteiger partial charge in [-0.3, -0.25) is 81.7 Å². The number of hydrogen-bond acceptors (Lipinski definition) is 22. The summed E-state index contributed by atoms with van der Waals surface area (Å²) in [5.41, 5.74) is 34.5. The number of carboxylic acids is 3. The second-order valence-electron chi connectivity index (χ2n) is 26.3. The first kappa shape index (κ1) is 93.3. The Bertz CT molecular complexity index is 3500. The van der Waals surface area contributed by atoms with Crippen molar-refractivity contribution in [1.29, 1.82) is 0 Å². The molecule has 0 aliphatic heterocycles. The number of H-pyrrole nitrogens is 1. The fourth-order valence-electron chi connectivity index (χ4n) is 10.5. The summed E-state index contributed by atoms with van der Waals surface area (Å²) < 4.78 is 0. The second kappa shape index (κ2) is 47.7. The van der Waals surface area contributed by atoms with Crippen molar-refractivity contribution < 1.29 is 102 Å². The summed E-state index contributed by atoms with van der Waals surface area (Å²) in [6.07, 6.45) is -1.82. The Balaban J connectivity index is 2.62. The number of para-hydroxylation sites is 1. The van der Waals surface area contributed by atoms with Crippen LogP contribution in [0, 0.1) is 11.8 Å². The van der Waals surface area contributed by atoms with E-state index < -0.39 is 230 Å². The Morgan fingerprint density at radius 1 is 0.481 bits per heavy atom. The Labute approximate surface area is 626 Å². The molecule has 2 rings (SSSR count). The first-order valence-electron chi connectivity index (χ1n) is 34.8. The van der Waals surface area contributed by atoms with Gasteiger partial charge >= 0.3 is 17.9 Å². The monoisotopic (exact) mass is 1550 g/mol. The maximum Gasteiger partial charge on any atom is 0.328 e. The van der Waals surface area contributed by atoms with Crippen LogP contribution in [0.3, 0.4) is 0 Å². The van der Waals surface area contributed by atoms with E-state index in [2.05, 4.69) is 73.8 Å². The highest BCUT2D eigenvalue weighted by molar-refractivity contribution is 7.98. The van der Waals surface area contributed by atoms with E-state index in [0.29, 0.717) is 28.6 Å². The lowest BCUT2D eigenvalue weighted by Crippen LogP contribution is -2.62. The van der Waals surface area contributed by atoms with Gasteiger partial charge in [-0.2, -0.15) is 11.8 Å². The van der Waals surface area contributed by atoms with Crippen LogP contribution in [0.15, 0.2) is 35.5 Å². The minimum Gasteiger partial charge on any atom is -0.481 e. The number of benzene rings is 1. The van der Waals surface area contributed by atoms with E-state index in [4.69, 9.17) is 34.4 Å². The predicted molar refractivity (Wildman–Crippen MR) is 391 cm³/mol. The summed E-state index contributed by atoms with van der Waals surface area (Å²) >= 11 is 1.36. The molecule has 2 aromatic rings. The van der Waals surface area contributed by atoms with Crippen LogP contribution in [-0.2, 0) is 87.9 Å². The van der Waals surface area contributed by atoms with Crippen LogP contribution in [0.25, 0.3) is 10.9 Å². The molecule has 602 valence electrons. The van der Waals surface area contributed by atoms with Gasteiger partial charge < -0.3 is 124 Å². The first-order valence-corrected chi connectivity index (χ1v) is 36.2. The first-order chi connectivity index (χ1) is 50.7. The number of thioether (sulfide) groups is 1. The number of fused-ring (bicyclic) bond motifs is 1. The molecule has 0 radical (unpaired) electrons. The molecular weight excluding hydrogens is 1440 g/mol. The average molecular weight is 1550 g/mol. The molecule has 0 aliphatic rings. The zero-order chi connectivity index (χ0) is 81.7. The third kappa shape index (κ3) is 34.2. The lowest BCUT2D eigenvalue weighted by molar-refractivity contribution is -0.143. The highest BCUT2D eigenvalue weighted by Crippen LogP contribution is 2.21. The molecule has 1 heterocycles. The SMILES string of the molecule is CSCC[C@H](NC(=O)[C@H](C)N)C(=O)N[C@@H](C)C(=O)N[C@@H](CCC(=O)O)C(=O)N[C@@H](CC(N)=O)C(=O)N[C@H](C(=O)N[C@@H](CCCN=C(N)N)C(=O)N[C@@H](CC(N)=O)C(=O)N[C@@H](CCC(=O)O)C(=O)N[C@@H](Cc1c[nH]c2ccccc12)C(=O)N[C@@H](CC(C)C)C(=O)N[C@@H](CCCCN)C(=O)N[C@@H](CO)C(=O)O)C(C)C. The second-order valence-corrected chi connectivity index (χ2v) is 27.3. The van der Waals surface area contributed by atoms with E-state index in [-0.39, 0.29) is 69.9 Å². The largest absolute Gasteiger partial charge is 0.481 e. The van der Waals surface area contributed by atoms with Gasteiger partial charge in [0.2, 0.25) is 82.7 Å². The summed E-state index contributed by atoms with van der Waals surface area (Å²) in [5, 5.41) is 67.9. The van der Waals surface area contributed by atoms with Gasteiger partial charge in [-0.15, -0.1) is 0 Å². The summed E-state index contributed by atoms with van der Waals surface area (Å²) in [6, 6.07) is -14.2. The van der Waals surface area contributed by atoms with E-state index in [1.165, 1.54) is 45.7 Å². The molecule has 0 aliphatic carbocycles. The Hall–Kier alpha value is -10.8. The fourth-order valence-corrected chi connectivity index (χ4v) is 11.0. The van der Waals surface area contributed by atoms with Crippen LogP contribution in [0.4, 0.5) is 0 Å². The maximum absolute atomic E-state index is 14.8. The third-order valence-electron chi connectivity index (χ3n) is 16.3. The Kier molecular flexibility index (Phi) is 41.3. The molecule has 42 heteroatoms. The zero-order valence-electron chi connectivity index (χ0n) is 61.3. The topological polar surface area (TPSA) is 700 Å². The fraction of sp³-hybridized carbons (Fsp3) is 0.606. The molecule has 0 spiro atoms. The number of unbranched alkanes of at least 4 members (excludes halogenated alkanes) is 1. The number of aliphatic carboxylic acids is 3. The highest BCUT2D eigenvalue weighted by Gasteiger charge is 2.39. The molecular formula is C66H106N20O21S. The van der Waals surface area contributed by atoms with Gasteiger partial charge in [0.15, 0.2) is 5.96 Å². The number of carbonyl (C=O) groups is 17. The van der Waals surface area contributed by atoms with Crippen molar-refractivity contribution >= 4 is 129 Å². The number of nitrogens with one attached hydrogen (secondary N) is 13. The summed E-state index contributed by atoms with van der Waals surface area (Å²) in [6.45, 7) is 7.89. The molecule has 0 saturated heterocycles. The van der Waals surface area contributed by atoms with Crippen LogP contribution < -0.4 is 98.2 Å². The smallest absolute Gasteiger partial charge is 0.328 e. The number of aromatic amines is 1. The molecule has 108 heavy (non-hydrogen) atoms. The average Bonchev–Trinajstić information content (AvgIpc) is 1.70. The van der Waals surface area contributed by atoms with E-state index >= 15 is 0 Å². The minimum absolute atomic E-state index is 0.0573. The highest BCUT2D eigenvalue weighted by atomic mass is 32.2. The van der Waals surface area contributed by atoms with Crippen molar-refractivity contribution in [3.8, 4) is 0 Å². The van der Waals surface area contributed by atoms with Crippen molar-refractivity contribution in [1.82, 2.24) is 68.8 Å². The van der Waals surface area contributed by atoms with Crippen LogP contribution in [-0.4, -0.2) is 242 Å². The molecule has 0 saturated carbocycles. The van der Waals surface area contributed by atoms with Gasteiger partial charge in [0.25, 0.3) is 0 Å². The number of aromatic nitrogens is 1. The maximum atomic E-state index is 14.8. The van der Waals surface area contributed by atoms with Crippen molar-refractivity contribution in [3.05, 3.63) is 36.0 Å². The van der Waals surface area contributed by atoms with Crippen molar-refractivity contribution in [2.45, 2.75) is 210 Å². The molecule has 14 amide bonds. The molecule has 0 bridgehead atoms. The lowest BCUT2D eigenvalue weighted by Gasteiger charge is -2.29. The number of carboxylic acid groups (broad SMARTS) is 3. The molecule has 0 unspecified atom stereocenters. The number of rotatable bonds is 52. The van der Waals surface area contributed by atoms with Crippen molar-refractivity contribution in [3.63, 3.8) is 0 Å². The van der Waals surface area contributed by atoms with Crippen LogP contribution in [0.5, 0.6) is 0 Å². The van der Waals surface area contributed by atoms with Gasteiger partial charge in [0, 0.05) is 42.9 Å². The molecule has 1 aromatic carbocycles. The minimum atomic E-state index is -2.04. The van der Waals surface area contributed by atoms with Crippen LogP contribution in [0.2, 0.25) is 0 Å². The van der Waals surface area contributed by atoms with E-state index in [1.54, 1.807) is 44.4 Å². The number of aliphatic hydroxyl groups is 1. The van der Waals surface area contributed by atoms with Gasteiger partial charge in [-0.05, 0) is 114 Å². The number of nitrogens with two attached hydrogens (primary N) is 6. The summed E-state index contributed by atoms with van der Waals surface area (Å²) in [4.78, 5) is 236. The van der Waals surface area contributed by atoms with Crippen molar-refractivity contribution in [2.24, 2.45) is 51.2 Å². The molecule has 13 atom stereocenters. The van der Waals surface area contributed by atoms with Crippen LogP contribution >= 0.6 is 11.8 Å². The standard InChI is InChI=1S/C66H106N20O21S/c1-31(2)25-43(60(101)78-38(15-10-11-22-67)57(98)85-47(30-87)65(106)107)81-61(102)44(26-35-29-74-37-14-9-8-13-36(35)37)82-59(100)41(18-20-51(92)93)79-62(103)45(27-48(69)88)83-56(97)39(16-12-23-73-66(71)72)80-64(105)52(32(3)4)86-63(104)46(28-49(70)89)84-58(99)40(17-19-50(90)91)77-54(95)34(6)75-55(96)42(21-24-108-7)76-53(94)33(5)68/h8-9,13-14,29,31-34,38-47,52,74,87H,10-12,15-28,30,67-68H2,1-7H3,(H2,69,88)(H2,70,89)(H,75,96)(H,76,94)(H,77,95)(H,78,101)(H,79,103)(H,80,105)(H,81,102)(H,82,100)(H,83,97)(H,84,99)(H,85,98)(H,86,104)(H,90,91)(H,92,93)(H,106,107)(H4,71,72,73)/t33-,34-,38-,39-,40-,41-,42-,43-,44-,45-,46-,47-,52-/m0/s1. The number of guanidine groups is 1. The summed E-state index contributed by atoms with van der Waals surface area (Å²) in [5.74, 6) is -21.0. The van der Waals surface area contributed by atoms with E-state index in [9.17, 15) is 102 Å². The summed E-state index contributed by atoms with van der Waals surface area (Å²) in [7, 11) is 0. The number of carbonyl (C=O) groups excluding carboxylic acids is 14. The van der Waals surface area contributed by atoms with Crippen LogP contribution in [0.1, 0.15) is 131 Å². The molecule has 1 aromatic heterocycles. The number of aliphatic hydroxyl groups excluding tert-OH is 1. The van der Waals surface area contributed by atoms with Gasteiger partial charge in [0.05, 0.1) is 25.5 Å².